The van der Waals surface area contributed by atoms with Gasteiger partial charge in [0, 0.05) is 13.1 Å². The summed E-state index contributed by atoms with van der Waals surface area (Å²) in [6.07, 6.45) is 5.92. The second-order valence-electron chi connectivity index (χ2n) is 3.06. The smallest absolute Gasteiger partial charge is 0.239 e. The molecule has 1 fully saturated rings. The molecule has 0 saturated carbocycles. The molecule has 0 radical (unpaired) electrons. The standard InChI is InChI=1S/C9H16N2O/c1-2-3-4-6-11-7-5-8(10)9(11)12/h3-4,8H,2,5-7,10H2,1H3/b4-3+. The van der Waals surface area contributed by atoms with E-state index in [2.05, 4.69) is 13.0 Å². The van der Waals surface area contributed by atoms with Gasteiger partial charge in [-0.1, -0.05) is 19.1 Å². The first-order valence-corrected chi connectivity index (χ1v) is 4.45. The molecule has 1 unspecified atom stereocenters. The summed E-state index contributed by atoms with van der Waals surface area (Å²) in [4.78, 5) is 13.1. The van der Waals surface area contributed by atoms with Crippen LogP contribution in [-0.2, 0) is 4.79 Å². The first-order valence-electron chi connectivity index (χ1n) is 4.45. The third-order valence-electron chi connectivity index (χ3n) is 2.07. The van der Waals surface area contributed by atoms with Crippen LogP contribution in [0.25, 0.3) is 0 Å². The van der Waals surface area contributed by atoms with Gasteiger partial charge in [-0.05, 0) is 12.8 Å². The van der Waals surface area contributed by atoms with E-state index in [-0.39, 0.29) is 11.9 Å². The van der Waals surface area contributed by atoms with E-state index in [9.17, 15) is 4.79 Å². The SMILES string of the molecule is CC/C=C/CN1CCC(N)C1=O. The van der Waals surface area contributed by atoms with Crippen LogP contribution in [0.15, 0.2) is 12.2 Å². The molecule has 0 aromatic rings. The highest BCUT2D eigenvalue weighted by Crippen LogP contribution is 2.08. The summed E-state index contributed by atoms with van der Waals surface area (Å²) in [5.41, 5.74) is 5.56. The lowest BCUT2D eigenvalue weighted by molar-refractivity contribution is -0.128. The molecule has 3 nitrogen and oxygen atoms in total. The molecule has 3 heteroatoms. The van der Waals surface area contributed by atoms with Gasteiger partial charge in [0.05, 0.1) is 6.04 Å². The predicted octanol–water partition coefficient (Wildman–Crippen LogP) is 0.512. The molecule has 0 spiro atoms. The van der Waals surface area contributed by atoms with Crippen molar-refractivity contribution in [2.75, 3.05) is 13.1 Å². The lowest BCUT2D eigenvalue weighted by Gasteiger charge is -2.12. The summed E-state index contributed by atoms with van der Waals surface area (Å²) in [6.45, 7) is 3.61. The maximum absolute atomic E-state index is 11.3. The van der Waals surface area contributed by atoms with Gasteiger partial charge in [-0.3, -0.25) is 4.79 Å². The molecule has 0 aromatic carbocycles. The average Bonchev–Trinajstić information content (AvgIpc) is 2.36. The summed E-state index contributed by atoms with van der Waals surface area (Å²) >= 11 is 0. The van der Waals surface area contributed by atoms with Crippen molar-refractivity contribution in [2.24, 2.45) is 5.73 Å². The van der Waals surface area contributed by atoms with Crippen LogP contribution < -0.4 is 5.73 Å². The Bertz CT molecular complexity index is 189. The fourth-order valence-electron chi connectivity index (χ4n) is 1.31. The van der Waals surface area contributed by atoms with Gasteiger partial charge in [-0.25, -0.2) is 0 Å². The van der Waals surface area contributed by atoms with E-state index in [4.69, 9.17) is 5.73 Å². The molecule has 0 bridgehead atoms. The third kappa shape index (κ3) is 2.08. The van der Waals surface area contributed by atoms with Crippen molar-refractivity contribution in [1.82, 2.24) is 4.90 Å². The zero-order valence-electron chi connectivity index (χ0n) is 7.49. The quantitative estimate of drug-likeness (QED) is 0.624. The fourth-order valence-corrected chi connectivity index (χ4v) is 1.31. The van der Waals surface area contributed by atoms with Crippen molar-refractivity contribution in [3.63, 3.8) is 0 Å². The minimum absolute atomic E-state index is 0.0933. The molecular formula is C9H16N2O. The molecule has 1 aliphatic heterocycles. The van der Waals surface area contributed by atoms with Crippen molar-refractivity contribution >= 4 is 5.91 Å². The van der Waals surface area contributed by atoms with Crippen LogP contribution in [-0.4, -0.2) is 29.9 Å². The molecule has 1 atom stereocenters. The van der Waals surface area contributed by atoms with E-state index < -0.39 is 0 Å². The van der Waals surface area contributed by atoms with Gasteiger partial charge in [0.2, 0.25) is 5.91 Å². The minimum atomic E-state index is -0.250. The monoisotopic (exact) mass is 168 g/mol. The van der Waals surface area contributed by atoms with Crippen molar-refractivity contribution in [2.45, 2.75) is 25.8 Å². The molecule has 1 saturated heterocycles. The Labute approximate surface area is 73.2 Å². The van der Waals surface area contributed by atoms with E-state index in [1.807, 2.05) is 6.08 Å². The van der Waals surface area contributed by atoms with Gasteiger partial charge in [0.1, 0.15) is 0 Å². The number of amides is 1. The van der Waals surface area contributed by atoms with E-state index >= 15 is 0 Å². The van der Waals surface area contributed by atoms with E-state index in [0.29, 0.717) is 0 Å². The Kier molecular flexibility index (Phi) is 3.29. The highest BCUT2D eigenvalue weighted by Gasteiger charge is 2.26. The van der Waals surface area contributed by atoms with Crippen LogP contribution in [0.2, 0.25) is 0 Å². The number of hydrogen-bond acceptors (Lipinski definition) is 2. The molecule has 68 valence electrons. The average molecular weight is 168 g/mol. The number of allylic oxidation sites excluding steroid dienone is 1. The minimum Gasteiger partial charge on any atom is -0.338 e. The van der Waals surface area contributed by atoms with Crippen LogP contribution in [0.5, 0.6) is 0 Å². The Morgan fingerprint density at radius 1 is 1.67 bits per heavy atom. The maximum Gasteiger partial charge on any atom is 0.239 e. The Morgan fingerprint density at radius 3 is 2.92 bits per heavy atom. The molecule has 1 rings (SSSR count). The van der Waals surface area contributed by atoms with E-state index in [1.165, 1.54) is 0 Å². The molecule has 1 heterocycles. The molecule has 0 aromatic heterocycles. The predicted molar refractivity (Wildman–Crippen MR) is 48.6 cm³/mol. The Hall–Kier alpha value is -0.830. The summed E-state index contributed by atoms with van der Waals surface area (Å²) in [5, 5.41) is 0. The number of likely N-dealkylation sites (tertiary alicyclic amines) is 1. The van der Waals surface area contributed by atoms with Crippen LogP contribution in [0.3, 0.4) is 0 Å². The van der Waals surface area contributed by atoms with Gasteiger partial charge in [-0.2, -0.15) is 0 Å². The molecule has 2 N–H and O–H groups in total. The number of nitrogens with two attached hydrogens (primary N) is 1. The summed E-state index contributed by atoms with van der Waals surface area (Å²) < 4.78 is 0. The maximum atomic E-state index is 11.3. The largest absolute Gasteiger partial charge is 0.338 e. The summed E-state index contributed by atoms with van der Waals surface area (Å²) in [7, 11) is 0. The molecule has 12 heavy (non-hydrogen) atoms. The molecule has 0 aliphatic carbocycles. The molecular weight excluding hydrogens is 152 g/mol. The highest BCUT2D eigenvalue weighted by atomic mass is 16.2. The number of nitrogens with zero attached hydrogens (tertiary/aromatic N) is 1. The molecule has 1 aliphatic rings. The zero-order valence-corrected chi connectivity index (χ0v) is 7.49. The Morgan fingerprint density at radius 2 is 2.42 bits per heavy atom. The lowest BCUT2D eigenvalue weighted by atomic mass is 10.3. The van der Waals surface area contributed by atoms with Crippen molar-refractivity contribution in [1.29, 1.82) is 0 Å². The number of carbonyl (C=O) groups excluding carboxylic acids is 1. The van der Waals surface area contributed by atoms with Gasteiger partial charge in [0.25, 0.3) is 0 Å². The number of hydrogen-bond donors (Lipinski definition) is 1. The van der Waals surface area contributed by atoms with Gasteiger partial charge < -0.3 is 10.6 Å². The normalized spacial score (nSPS) is 24.3. The Balaban J connectivity index is 2.34. The zero-order chi connectivity index (χ0) is 8.97. The molecule has 1 amide bonds. The second-order valence-corrected chi connectivity index (χ2v) is 3.06. The lowest BCUT2D eigenvalue weighted by Crippen LogP contribution is -2.34. The van der Waals surface area contributed by atoms with Gasteiger partial charge in [-0.15, -0.1) is 0 Å². The topological polar surface area (TPSA) is 46.3 Å². The van der Waals surface area contributed by atoms with Gasteiger partial charge >= 0.3 is 0 Å². The number of carbonyl (C=O) groups is 1. The van der Waals surface area contributed by atoms with Crippen LogP contribution >= 0.6 is 0 Å². The second kappa shape index (κ2) is 4.26. The van der Waals surface area contributed by atoms with Crippen molar-refractivity contribution in [3.05, 3.63) is 12.2 Å². The first kappa shape index (κ1) is 9.26. The fraction of sp³-hybridized carbons (Fsp3) is 0.667. The first-order chi connectivity index (χ1) is 5.75. The van der Waals surface area contributed by atoms with Gasteiger partial charge in [0.15, 0.2) is 0 Å². The van der Waals surface area contributed by atoms with E-state index in [1.54, 1.807) is 4.90 Å². The van der Waals surface area contributed by atoms with Crippen molar-refractivity contribution in [3.8, 4) is 0 Å². The number of rotatable bonds is 3. The third-order valence-corrected chi connectivity index (χ3v) is 2.07. The van der Waals surface area contributed by atoms with E-state index in [0.717, 1.165) is 25.9 Å². The van der Waals surface area contributed by atoms with Crippen LogP contribution in [0, 0.1) is 0 Å². The van der Waals surface area contributed by atoms with Crippen LogP contribution in [0.1, 0.15) is 19.8 Å². The van der Waals surface area contributed by atoms with Crippen LogP contribution in [0.4, 0.5) is 0 Å². The van der Waals surface area contributed by atoms with Crippen molar-refractivity contribution < 1.29 is 4.79 Å². The summed E-state index contributed by atoms with van der Waals surface area (Å²) in [5.74, 6) is 0.0933. The highest BCUT2D eigenvalue weighted by molar-refractivity contribution is 5.83. The summed E-state index contributed by atoms with van der Waals surface area (Å²) in [6, 6.07) is -0.250.